The summed E-state index contributed by atoms with van der Waals surface area (Å²) in [5.41, 5.74) is -0.390. The lowest BCUT2D eigenvalue weighted by molar-refractivity contribution is -0.384. The van der Waals surface area contributed by atoms with Crippen molar-refractivity contribution in [2.24, 2.45) is 17.8 Å². The summed E-state index contributed by atoms with van der Waals surface area (Å²) in [4.78, 5) is 63.8. The number of ketones is 1. The highest BCUT2D eigenvalue weighted by molar-refractivity contribution is 6.36. The maximum Gasteiger partial charge on any atom is 0.274 e. The quantitative estimate of drug-likeness (QED) is 0.240. The van der Waals surface area contributed by atoms with E-state index in [1.54, 1.807) is 0 Å². The van der Waals surface area contributed by atoms with Gasteiger partial charge in [-0.3, -0.25) is 29.3 Å². The molecule has 35 heavy (non-hydrogen) atoms. The molecule has 4 rings (SSSR count). The number of hydrogen-bond donors (Lipinski definition) is 0. The molecule has 1 saturated carbocycles. The van der Waals surface area contributed by atoms with Crippen molar-refractivity contribution in [1.29, 1.82) is 0 Å². The van der Waals surface area contributed by atoms with Crippen LogP contribution < -0.4 is 0 Å². The van der Waals surface area contributed by atoms with Gasteiger partial charge in [0.1, 0.15) is 6.54 Å². The van der Waals surface area contributed by atoms with Crippen LogP contribution in [0.3, 0.4) is 0 Å². The van der Waals surface area contributed by atoms with Crippen LogP contribution in [0.5, 0.6) is 0 Å². The first kappa shape index (κ1) is 24.8. The van der Waals surface area contributed by atoms with E-state index in [4.69, 9.17) is 23.2 Å². The lowest BCUT2D eigenvalue weighted by Crippen LogP contribution is -2.52. The van der Waals surface area contributed by atoms with Crippen molar-refractivity contribution in [2.75, 3.05) is 6.54 Å². The summed E-state index contributed by atoms with van der Waals surface area (Å²) in [5, 5.41) is 12.9. The predicted octanol–water partition coefficient (Wildman–Crippen LogP) is 4.56. The Morgan fingerprint density at radius 1 is 1.09 bits per heavy atom. The van der Waals surface area contributed by atoms with E-state index >= 15 is 0 Å². The monoisotopic (exact) mass is 517 g/mol. The van der Waals surface area contributed by atoms with Crippen molar-refractivity contribution in [2.45, 2.75) is 26.2 Å². The molecule has 3 amide bonds. The number of fused-ring (bicyclic) bond motifs is 1. The highest BCUT2D eigenvalue weighted by atomic mass is 35.5. The molecule has 1 heterocycles. The summed E-state index contributed by atoms with van der Waals surface area (Å²) < 4.78 is 0. The topological polar surface area (TPSA) is 118 Å². The molecular formula is C24H21Cl2N3O6. The molecule has 0 aromatic heterocycles. The van der Waals surface area contributed by atoms with Gasteiger partial charge < -0.3 is 0 Å². The first-order valence-electron chi connectivity index (χ1n) is 11.0. The molecule has 2 fully saturated rings. The van der Waals surface area contributed by atoms with Gasteiger partial charge in [0.05, 0.1) is 27.3 Å². The summed E-state index contributed by atoms with van der Waals surface area (Å²) in [5.74, 6) is -3.50. The second kappa shape index (κ2) is 9.75. The third-order valence-electron chi connectivity index (χ3n) is 6.47. The summed E-state index contributed by atoms with van der Waals surface area (Å²) in [6.45, 7) is 1.31. The number of Topliss-reactive ketones (excluding diaryl/α,β-unsaturated/α-hetero) is 1. The summed E-state index contributed by atoms with van der Waals surface area (Å²) in [6.07, 6.45) is 1.79. The van der Waals surface area contributed by atoms with Crippen LogP contribution in [0.2, 0.25) is 10.0 Å². The van der Waals surface area contributed by atoms with E-state index in [1.165, 1.54) is 36.4 Å². The smallest absolute Gasteiger partial charge is 0.274 e. The normalized spacial score (nSPS) is 21.6. The molecule has 2 aliphatic rings. The molecule has 9 nitrogen and oxygen atoms in total. The molecule has 0 radical (unpaired) electrons. The molecule has 182 valence electrons. The second-order valence-corrected chi connectivity index (χ2v) is 9.68. The number of amides is 3. The van der Waals surface area contributed by atoms with Crippen LogP contribution in [-0.2, 0) is 9.59 Å². The number of hydrogen-bond acceptors (Lipinski definition) is 6. The van der Waals surface area contributed by atoms with Crippen molar-refractivity contribution < 1.29 is 24.1 Å². The standard InChI is InChI=1S/C24H21Cl2N3O6/c1-13-5-7-17-19(9-13)24(33)28(23(17)32)27(22(31)18-8-6-15(25)11-20(18)26)12-21(30)14-3-2-4-16(10-14)29(34)35/h2-4,6,8,10-11,13,17,19H,5,7,9,12H2,1H3/t13-,17-,19+/m1/s1. The first-order chi connectivity index (χ1) is 16.6. The van der Waals surface area contributed by atoms with Crippen LogP contribution in [0.25, 0.3) is 0 Å². The second-order valence-electron chi connectivity index (χ2n) is 8.84. The van der Waals surface area contributed by atoms with Crippen LogP contribution in [0.15, 0.2) is 42.5 Å². The third-order valence-corrected chi connectivity index (χ3v) is 7.02. The molecule has 2 aromatic rings. The minimum absolute atomic E-state index is 0.0135. The maximum absolute atomic E-state index is 13.6. The molecule has 1 aliphatic carbocycles. The number of nitro benzene ring substituents is 1. The lowest BCUT2D eigenvalue weighted by atomic mass is 9.76. The van der Waals surface area contributed by atoms with Crippen LogP contribution in [0.1, 0.15) is 46.9 Å². The summed E-state index contributed by atoms with van der Waals surface area (Å²) >= 11 is 12.2. The summed E-state index contributed by atoms with van der Waals surface area (Å²) in [7, 11) is 0. The van der Waals surface area contributed by atoms with E-state index in [2.05, 4.69) is 0 Å². The van der Waals surface area contributed by atoms with Gasteiger partial charge in [-0.25, -0.2) is 5.01 Å². The van der Waals surface area contributed by atoms with Crippen molar-refractivity contribution in [3.63, 3.8) is 0 Å². The van der Waals surface area contributed by atoms with E-state index in [9.17, 15) is 29.3 Å². The zero-order valence-electron chi connectivity index (χ0n) is 18.6. The van der Waals surface area contributed by atoms with Crippen LogP contribution >= 0.6 is 23.2 Å². The Bertz CT molecular complexity index is 1250. The van der Waals surface area contributed by atoms with Crippen molar-refractivity contribution in [3.8, 4) is 0 Å². The zero-order valence-corrected chi connectivity index (χ0v) is 20.2. The Hall–Kier alpha value is -3.30. The molecule has 0 unspecified atom stereocenters. The van der Waals surface area contributed by atoms with Gasteiger partial charge in [-0.15, -0.1) is 0 Å². The van der Waals surface area contributed by atoms with Crippen molar-refractivity contribution in [1.82, 2.24) is 10.0 Å². The number of carbonyl (C=O) groups excluding carboxylic acids is 4. The number of imide groups is 1. The third kappa shape index (κ3) is 4.78. The molecule has 0 spiro atoms. The molecule has 11 heteroatoms. The Morgan fingerprint density at radius 3 is 2.49 bits per heavy atom. The Balaban J connectivity index is 1.72. The van der Waals surface area contributed by atoms with Crippen molar-refractivity contribution >= 4 is 52.4 Å². The average Bonchev–Trinajstić information content (AvgIpc) is 3.06. The molecule has 0 N–H and O–H groups in total. The van der Waals surface area contributed by atoms with E-state index in [-0.39, 0.29) is 32.8 Å². The van der Waals surface area contributed by atoms with Gasteiger partial charge in [0.15, 0.2) is 5.78 Å². The van der Waals surface area contributed by atoms with Crippen molar-refractivity contribution in [3.05, 3.63) is 73.8 Å². The Kier molecular flexibility index (Phi) is 6.91. The molecule has 1 aliphatic heterocycles. The number of nitrogens with zero attached hydrogens (tertiary/aromatic N) is 3. The fourth-order valence-corrected chi connectivity index (χ4v) is 5.15. The predicted molar refractivity (Wildman–Crippen MR) is 127 cm³/mol. The Morgan fingerprint density at radius 2 is 1.80 bits per heavy atom. The largest absolute Gasteiger partial charge is 0.292 e. The number of nitro groups is 1. The van der Waals surface area contributed by atoms with Crippen LogP contribution in [0, 0.1) is 27.9 Å². The van der Waals surface area contributed by atoms with E-state index in [1.807, 2.05) is 6.92 Å². The lowest BCUT2D eigenvalue weighted by Gasteiger charge is -2.30. The number of non-ortho nitro benzene ring substituents is 1. The molecule has 2 aromatic carbocycles. The van der Waals surface area contributed by atoms with E-state index in [0.717, 1.165) is 22.5 Å². The molecular weight excluding hydrogens is 497 g/mol. The number of hydrazine groups is 1. The molecule has 1 saturated heterocycles. The minimum Gasteiger partial charge on any atom is -0.292 e. The number of halogens is 2. The molecule has 3 atom stereocenters. The number of rotatable bonds is 6. The fraction of sp³-hybridized carbons (Fsp3) is 0.333. The number of carbonyl (C=O) groups is 4. The Labute approximate surface area is 210 Å². The van der Waals surface area contributed by atoms with Gasteiger partial charge in [-0.1, -0.05) is 42.3 Å². The van der Waals surface area contributed by atoms with Gasteiger partial charge in [0.25, 0.3) is 23.4 Å². The van der Waals surface area contributed by atoms with Gasteiger partial charge in [-0.05, 0) is 43.4 Å². The maximum atomic E-state index is 13.6. The van der Waals surface area contributed by atoms with E-state index < -0.39 is 46.8 Å². The van der Waals surface area contributed by atoms with Gasteiger partial charge in [0, 0.05) is 22.7 Å². The van der Waals surface area contributed by atoms with Crippen LogP contribution in [-0.4, -0.2) is 45.0 Å². The fourth-order valence-electron chi connectivity index (χ4n) is 4.67. The van der Waals surface area contributed by atoms with Gasteiger partial charge >= 0.3 is 0 Å². The van der Waals surface area contributed by atoms with Gasteiger partial charge in [0.2, 0.25) is 0 Å². The van der Waals surface area contributed by atoms with Crippen LogP contribution in [0.4, 0.5) is 5.69 Å². The summed E-state index contributed by atoms with van der Waals surface area (Å²) in [6, 6.07) is 9.13. The zero-order chi connectivity index (χ0) is 25.4. The highest BCUT2D eigenvalue weighted by Gasteiger charge is 2.53. The first-order valence-corrected chi connectivity index (χ1v) is 11.8. The minimum atomic E-state index is -0.834. The number of benzene rings is 2. The van der Waals surface area contributed by atoms with Gasteiger partial charge in [-0.2, -0.15) is 5.01 Å². The average molecular weight is 518 g/mol. The SMILES string of the molecule is C[C@@H]1CC[C@H]2C(=O)N(N(CC(=O)c3cccc([N+](=O)[O-])c3)C(=O)c3ccc(Cl)cc3Cl)C(=O)[C@H]2C1. The van der Waals surface area contributed by atoms with E-state index in [0.29, 0.717) is 12.8 Å². The molecule has 0 bridgehead atoms. The highest BCUT2D eigenvalue weighted by Crippen LogP contribution is 2.41.